The van der Waals surface area contributed by atoms with Crippen molar-refractivity contribution in [2.24, 2.45) is 17.8 Å². The molecule has 3 aromatic rings. The summed E-state index contributed by atoms with van der Waals surface area (Å²) in [4.78, 5) is 24.6. The van der Waals surface area contributed by atoms with E-state index in [2.05, 4.69) is 41.7 Å². The molecule has 0 bridgehead atoms. The molecule has 0 saturated heterocycles. The topological polar surface area (TPSA) is 86.6 Å². The van der Waals surface area contributed by atoms with Crippen molar-refractivity contribution < 1.29 is 19.8 Å². The second kappa shape index (κ2) is 12.9. The molecule has 3 aromatic carbocycles. The predicted molar refractivity (Wildman–Crippen MR) is 144 cm³/mol. The first-order valence-electron chi connectivity index (χ1n) is 11.9. The van der Waals surface area contributed by atoms with Crippen LogP contribution in [0.15, 0.2) is 78.9 Å². The Morgan fingerprint density at radius 2 is 1.58 bits per heavy atom. The molecule has 0 heterocycles. The molecule has 0 aromatic heterocycles. The number of carbonyl (C=O) groups excluding carboxylic acids is 1. The van der Waals surface area contributed by atoms with E-state index in [0.29, 0.717) is 17.9 Å². The average Bonchev–Trinajstić information content (AvgIpc) is 2.83. The molecular weight excluding hydrogens is 485 g/mol. The molecule has 1 amide bonds. The van der Waals surface area contributed by atoms with Gasteiger partial charge < -0.3 is 15.5 Å². The fourth-order valence-electron chi connectivity index (χ4n) is 5.03. The molecule has 1 saturated carbocycles. The van der Waals surface area contributed by atoms with Crippen molar-refractivity contribution in [1.82, 2.24) is 5.32 Å². The van der Waals surface area contributed by atoms with Crippen LogP contribution in [0, 0.1) is 17.8 Å². The molecule has 1 fully saturated rings. The summed E-state index contributed by atoms with van der Waals surface area (Å²) in [6.45, 7) is 1.74. The number of nitrogens with one attached hydrogen (secondary N) is 1. The van der Waals surface area contributed by atoms with Crippen LogP contribution < -0.4 is 5.32 Å². The van der Waals surface area contributed by atoms with Crippen LogP contribution in [0.25, 0.3) is 11.1 Å². The Morgan fingerprint density at radius 1 is 0.972 bits per heavy atom. The van der Waals surface area contributed by atoms with Gasteiger partial charge in [-0.3, -0.25) is 9.59 Å². The Labute approximate surface area is 239 Å². The van der Waals surface area contributed by atoms with E-state index >= 15 is 0 Å². The Balaban J connectivity index is 0.00000361. The van der Waals surface area contributed by atoms with E-state index in [0.717, 1.165) is 22.3 Å². The summed E-state index contributed by atoms with van der Waals surface area (Å²) in [7, 11) is 0. The van der Waals surface area contributed by atoms with E-state index in [1.54, 1.807) is 0 Å². The number of hydrogen-bond acceptors (Lipinski definition) is 3. The van der Waals surface area contributed by atoms with Crippen LogP contribution >= 0.6 is 11.6 Å². The maximum absolute atomic E-state index is 13.0. The van der Waals surface area contributed by atoms with E-state index < -0.39 is 17.8 Å². The van der Waals surface area contributed by atoms with E-state index in [1.165, 1.54) is 0 Å². The van der Waals surface area contributed by atoms with Crippen LogP contribution in [-0.2, 0) is 16.0 Å². The van der Waals surface area contributed by atoms with E-state index in [-0.39, 0.29) is 59.9 Å². The van der Waals surface area contributed by atoms with Crippen molar-refractivity contribution in [3.8, 4) is 11.1 Å². The summed E-state index contributed by atoms with van der Waals surface area (Å²) in [5.74, 6) is -3.15. The van der Waals surface area contributed by atoms with Gasteiger partial charge in [0.25, 0.3) is 0 Å². The van der Waals surface area contributed by atoms with Crippen LogP contribution in [0.1, 0.15) is 30.4 Å². The van der Waals surface area contributed by atoms with Crippen molar-refractivity contribution in [2.45, 2.75) is 31.7 Å². The number of benzene rings is 3. The number of amides is 1. The Hall–Kier alpha value is -2.15. The van der Waals surface area contributed by atoms with Crippen molar-refractivity contribution in [3.63, 3.8) is 0 Å². The van der Waals surface area contributed by atoms with Gasteiger partial charge in [0, 0.05) is 23.6 Å². The zero-order valence-corrected chi connectivity index (χ0v) is 20.4. The summed E-state index contributed by atoms with van der Waals surface area (Å²) in [5.41, 5.74) is 4.44. The van der Waals surface area contributed by atoms with Crippen molar-refractivity contribution >= 4 is 53.0 Å². The van der Waals surface area contributed by atoms with Gasteiger partial charge >= 0.3 is 35.5 Å². The first-order chi connectivity index (χ1) is 16.9. The summed E-state index contributed by atoms with van der Waals surface area (Å²) < 4.78 is 0. The molecule has 184 valence electrons. The van der Waals surface area contributed by atoms with Crippen LogP contribution in [0.5, 0.6) is 0 Å². The van der Waals surface area contributed by atoms with Crippen LogP contribution in [0.4, 0.5) is 0 Å². The first kappa shape index (κ1) is 28.4. The van der Waals surface area contributed by atoms with Gasteiger partial charge in [-0.05, 0) is 60.1 Å². The van der Waals surface area contributed by atoms with Gasteiger partial charge in [-0.25, -0.2) is 0 Å². The second-order valence-electron chi connectivity index (χ2n) is 9.37. The molecule has 5 atom stereocenters. The van der Waals surface area contributed by atoms with E-state index in [9.17, 15) is 19.8 Å². The summed E-state index contributed by atoms with van der Waals surface area (Å²) in [6.07, 6.45) is 1.08. The quantitative estimate of drug-likeness (QED) is 0.366. The number of carboxylic acids is 1. The Morgan fingerprint density at radius 3 is 2.17 bits per heavy atom. The molecule has 36 heavy (non-hydrogen) atoms. The van der Waals surface area contributed by atoms with E-state index in [4.69, 9.17) is 11.6 Å². The first-order valence-corrected chi connectivity index (χ1v) is 12.3. The molecule has 5 nitrogen and oxygen atoms in total. The third kappa shape index (κ3) is 6.58. The number of carboxylic acid groups (broad SMARTS) is 1. The number of hydrogen-bond donors (Lipinski definition) is 3. The summed E-state index contributed by atoms with van der Waals surface area (Å²) >= 11 is 6.07. The third-order valence-electron chi connectivity index (χ3n) is 7.14. The molecular formula is C29H31ClNNaO4. The van der Waals surface area contributed by atoms with Crippen LogP contribution in [-0.4, -0.2) is 64.3 Å². The average molecular weight is 516 g/mol. The zero-order chi connectivity index (χ0) is 24.9. The normalized spacial score (nSPS) is 20.4. The van der Waals surface area contributed by atoms with Gasteiger partial charge in [0.15, 0.2) is 0 Å². The number of aliphatic carboxylic acids is 1. The number of halogens is 1. The number of aliphatic hydroxyl groups is 1. The fourth-order valence-corrected chi connectivity index (χ4v) is 5.15. The molecule has 3 N–H and O–H groups in total. The van der Waals surface area contributed by atoms with E-state index in [1.807, 2.05) is 49.4 Å². The number of aliphatic hydroxyl groups excluding tert-OH is 1. The molecule has 1 aliphatic carbocycles. The number of rotatable bonds is 9. The van der Waals surface area contributed by atoms with Gasteiger partial charge in [-0.1, -0.05) is 78.3 Å². The molecule has 0 spiro atoms. The van der Waals surface area contributed by atoms with Crippen molar-refractivity contribution in [3.05, 3.63) is 95.0 Å². The standard InChI is InChI=1S/C29H30ClNO4.Na.H/c1-18(31-28(33)26-16-23(17-32)27(26)29(34)35)25(15-19-7-13-24(30)14-8-19)22-11-9-21(10-12-22)20-5-3-2-4-6-20;;/h2-14,18,23,25-27,32H,15-17H2,1H3,(H,31,33)(H,34,35);;/t18-,23?,25-,26?,27?;;/m0../s1. The van der Waals surface area contributed by atoms with Gasteiger partial charge in [0.05, 0.1) is 11.8 Å². The third-order valence-corrected chi connectivity index (χ3v) is 7.39. The second-order valence-corrected chi connectivity index (χ2v) is 9.81. The van der Waals surface area contributed by atoms with Gasteiger partial charge in [-0.15, -0.1) is 0 Å². The zero-order valence-electron chi connectivity index (χ0n) is 19.6. The maximum atomic E-state index is 13.0. The monoisotopic (exact) mass is 515 g/mol. The van der Waals surface area contributed by atoms with Gasteiger partial charge in [-0.2, -0.15) is 0 Å². The van der Waals surface area contributed by atoms with Crippen molar-refractivity contribution in [2.75, 3.05) is 6.61 Å². The number of carbonyl (C=O) groups is 2. The van der Waals surface area contributed by atoms with Crippen LogP contribution in [0.2, 0.25) is 5.02 Å². The minimum absolute atomic E-state index is 0. The molecule has 3 unspecified atom stereocenters. The summed E-state index contributed by atoms with van der Waals surface area (Å²) in [6, 6.07) is 26.0. The Kier molecular flexibility index (Phi) is 10.2. The fraction of sp³-hybridized carbons (Fsp3) is 0.310. The SMILES string of the molecule is C[C@H](NC(=O)C1CC(CO)C1C(=O)O)[C@H](Cc1ccc(Cl)cc1)c1ccc(-c2ccccc2)cc1.[NaH]. The van der Waals surface area contributed by atoms with Gasteiger partial charge in [0.2, 0.25) is 5.91 Å². The molecule has 4 rings (SSSR count). The molecule has 0 aliphatic heterocycles. The Bertz CT molecular complexity index is 1150. The van der Waals surface area contributed by atoms with Crippen LogP contribution in [0.3, 0.4) is 0 Å². The summed E-state index contributed by atoms with van der Waals surface area (Å²) in [5, 5.41) is 22.7. The van der Waals surface area contributed by atoms with Gasteiger partial charge in [0.1, 0.15) is 0 Å². The molecule has 1 aliphatic rings. The minimum atomic E-state index is -1.03. The molecule has 0 radical (unpaired) electrons. The molecule has 7 heteroatoms. The predicted octanol–water partition coefficient (Wildman–Crippen LogP) is 4.52. The van der Waals surface area contributed by atoms with Crippen molar-refractivity contribution in [1.29, 1.82) is 0 Å².